The summed E-state index contributed by atoms with van der Waals surface area (Å²) in [4.78, 5) is 2.50. The minimum absolute atomic E-state index is 0.156. The molecule has 0 aromatic heterocycles. The average Bonchev–Trinajstić information content (AvgIpc) is 2.33. The lowest BCUT2D eigenvalue weighted by molar-refractivity contribution is 0.166. The molecule has 0 amide bonds. The Hall–Kier alpha value is -0.930. The molecule has 1 fully saturated rings. The van der Waals surface area contributed by atoms with Crippen LogP contribution in [0.2, 0.25) is 0 Å². The molecule has 0 saturated carbocycles. The van der Waals surface area contributed by atoms with E-state index in [0.29, 0.717) is 12.0 Å². The number of halogens is 1. The standard InChI is InChI=1S/C14H21FN2/c1-11(13-3-5-14(15)6-4-13)10-17-8-7-16-9-12(17)2/h3-6,11-12,16H,7-10H2,1-2H3/t11?,12-/m0/s1. The quantitative estimate of drug-likeness (QED) is 0.865. The maximum Gasteiger partial charge on any atom is 0.123 e. The Morgan fingerprint density at radius 2 is 2.12 bits per heavy atom. The van der Waals surface area contributed by atoms with Crippen LogP contribution in [0.25, 0.3) is 0 Å². The Bertz CT molecular complexity index is 350. The van der Waals surface area contributed by atoms with Crippen molar-refractivity contribution in [2.45, 2.75) is 25.8 Å². The normalized spacial score (nSPS) is 23.6. The third-order valence-electron chi connectivity index (χ3n) is 3.59. The first-order valence-electron chi connectivity index (χ1n) is 6.37. The van der Waals surface area contributed by atoms with Gasteiger partial charge in [-0.05, 0) is 30.5 Å². The van der Waals surface area contributed by atoms with Crippen molar-refractivity contribution in [2.24, 2.45) is 0 Å². The van der Waals surface area contributed by atoms with E-state index < -0.39 is 0 Å². The summed E-state index contributed by atoms with van der Waals surface area (Å²) in [6.45, 7) is 8.75. The highest BCUT2D eigenvalue weighted by Crippen LogP contribution is 2.18. The number of piperazine rings is 1. The monoisotopic (exact) mass is 236 g/mol. The van der Waals surface area contributed by atoms with E-state index in [1.54, 1.807) is 12.1 Å². The summed E-state index contributed by atoms with van der Waals surface area (Å²) in [7, 11) is 0. The fourth-order valence-electron chi connectivity index (χ4n) is 2.40. The molecular weight excluding hydrogens is 215 g/mol. The first kappa shape index (κ1) is 12.5. The summed E-state index contributed by atoms with van der Waals surface area (Å²) in [5.74, 6) is 0.299. The molecule has 1 aliphatic rings. The third-order valence-corrected chi connectivity index (χ3v) is 3.59. The molecule has 1 aromatic rings. The molecule has 0 aliphatic carbocycles. The Morgan fingerprint density at radius 1 is 1.41 bits per heavy atom. The van der Waals surface area contributed by atoms with Crippen molar-refractivity contribution < 1.29 is 4.39 Å². The average molecular weight is 236 g/mol. The van der Waals surface area contributed by atoms with Gasteiger partial charge >= 0.3 is 0 Å². The van der Waals surface area contributed by atoms with Crippen LogP contribution < -0.4 is 5.32 Å². The summed E-state index contributed by atoms with van der Waals surface area (Å²) in [5.41, 5.74) is 1.22. The van der Waals surface area contributed by atoms with Gasteiger partial charge in [-0.2, -0.15) is 0 Å². The smallest absolute Gasteiger partial charge is 0.123 e. The second kappa shape index (κ2) is 5.61. The molecule has 2 atom stereocenters. The number of hydrogen-bond donors (Lipinski definition) is 1. The molecule has 94 valence electrons. The Balaban J connectivity index is 1.95. The topological polar surface area (TPSA) is 15.3 Å². The van der Waals surface area contributed by atoms with Crippen LogP contribution in [0.1, 0.15) is 25.3 Å². The fraction of sp³-hybridized carbons (Fsp3) is 0.571. The van der Waals surface area contributed by atoms with Crippen LogP contribution in [-0.2, 0) is 0 Å². The third kappa shape index (κ3) is 3.27. The van der Waals surface area contributed by atoms with Crippen molar-refractivity contribution in [1.29, 1.82) is 0 Å². The molecule has 3 heteroatoms. The van der Waals surface area contributed by atoms with Crippen LogP contribution in [0.4, 0.5) is 4.39 Å². The molecule has 1 aromatic carbocycles. The second-order valence-electron chi connectivity index (χ2n) is 5.00. The van der Waals surface area contributed by atoms with E-state index in [1.807, 2.05) is 12.1 Å². The van der Waals surface area contributed by atoms with Gasteiger partial charge in [0.15, 0.2) is 0 Å². The molecular formula is C14H21FN2. The van der Waals surface area contributed by atoms with Crippen molar-refractivity contribution in [3.8, 4) is 0 Å². The van der Waals surface area contributed by atoms with E-state index in [-0.39, 0.29) is 5.82 Å². The molecule has 17 heavy (non-hydrogen) atoms. The van der Waals surface area contributed by atoms with E-state index in [2.05, 4.69) is 24.1 Å². The van der Waals surface area contributed by atoms with Crippen LogP contribution >= 0.6 is 0 Å². The molecule has 1 aliphatic heterocycles. The zero-order valence-corrected chi connectivity index (χ0v) is 10.6. The van der Waals surface area contributed by atoms with E-state index in [1.165, 1.54) is 5.56 Å². The van der Waals surface area contributed by atoms with Gasteiger partial charge in [-0.25, -0.2) is 4.39 Å². The predicted molar refractivity (Wildman–Crippen MR) is 68.7 cm³/mol. The zero-order valence-electron chi connectivity index (χ0n) is 10.6. The Morgan fingerprint density at radius 3 is 2.76 bits per heavy atom. The van der Waals surface area contributed by atoms with Gasteiger partial charge < -0.3 is 5.32 Å². The number of rotatable bonds is 3. The number of hydrogen-bond acceptors (Lipinski definition) is 2. The van der Waals surface area contributed by atoms with Gasteiger partial charge in [0.2, 0.25) is 0 Å². The zero-order chi connectivity index (χ0) is 12.3. The lowest BCUT2D eigenvalue weighted by Gasteiger charge is -2.35. The lowest BCUT2D eigenvalue weighted by Crippen LogP contribution is -2.50. The first-order valence-corrected chi connectivity index (χ1v) is 6.37. The van der Waals surface area contributed by atoms with E-state index in [9.17, 15) is 4.39 Å². The van der Waals surface area contributed by atoms with E-state index in [0.717, 1.165) is 26.2 Å². The summed E-state index contributed by atoms with van der Waals surface area (Å²) in [6.07, 6.45) is 0. The molecule has 0 spiro atoms. The highest BCUT2D eigenvalue weighted by Gasteiger charge is 2.20. The lowest BCUT2D eigenvalue weighted by atomic mass is 9.99. The van der Waals surface area contributed by atoms with Gasteiger partial charge in [0.1, 0.15) is 5.82 Å². The van der Waals surface area contributed by atoms with Crippen LogP contribution in [0, 0.1) is 5.82 Å². The molecule has 2 nitrogen and oxygen atoms in total. The van der Waals surface area contributed by atoms with Gasteiger partial charge in [0, 0.05) is 32.2 Å². The fourth-order valence-corrected chi connectivity index (χ4v) is 2.40. The SMILES string of the molecule is CC(CN1CCNC[C@@H]1C)c1ccc(F)cc1. The molecule has 2 rings (SSSR count). The van der Waals surface area contributed by atoms with Gasteiger partial charge in [0.05, 0.1) is 0 Å². The largest absolute Gasteiger partial charge is 0.314 e. The summed E-state index contributed by atoms with van der Waals surface area (Å²) in [6, 6.07) is 7.48. The Labute approximate surface area is 103 Å². The number of nitrogens with one attached hydrogen (secondary N) is 1. The maximum atomic E-state index is 12.9. The summed E-state index contributed by atoms with van der Waals surface area (Å²) in [5, 5.41) is 3.39. The first-order chi connectivity index (χ1) is 8.16. The summed E-state index contributed by atoms with van der Waals surface area (Å²) < 4.78 is 12.9. The van der Waals surface area contributed by atoms with Crippen LogP contribution in [0.5, 0.6) is 0 Å². The molecule has 0 bridgehead atoms. The van der Waals surface area contributed by atoms with E-state index >= 15 is 0 Å². The highest BCUT2D eigenvalue weighted by molar-refractivity contribution is 5.20. The van der Waals surface area contributed by atoms with Crippen molar-refractivity contribution in [3.63, 3.8) is 0 Å². The van der Waals surface area contributed by atoms with Crippen molar-refractivity contribution >= 4 is 0 Å². The van der Waals surface area contributed by atoms with Gasteiger partial charge in [-0.3, -0.25) is 4.90 Å². The van der Waals surface area contributed by atoms with Crippen LogP contribution in [0.15, 0.2) is 24.3 Å². The second-order valence-corrected chi connectivity index (χ2v) is 5.00. The molecule has 1 N–H and O–H groups in total. The number of nitrogens with zero attached hydrogens (tertiary/aromatic N) is 1. The molecule has 1 unspecified atom stereocenters. The van der Waals surface area contributed by atoms with Crippen molar-refractivity contribution in [2.75, 3.05) is 26.2 Å². The van der Waals surface area contributed by atoms with Crippen molar-refractivity contribution in [1.82, 2.24) is 10.2 Å². The summed E-state index contributed by atoms with van der Waals surface area (Å²) >= 11 is 0. The van der Waals surface area contributed by atoms with E-state index in [4.69, 9.17) is 0 Å². The maximum absolute atomic E-state index is 12.9. The van der Waals surface area contributed by atoms with Gasteiger partial charge in [0.25, 0.3) is 0 Å². The van der Waals surface area contributed by atoms with Crippen LogP contribution in [-0.4, -0.2) is 37.1 Å². The highest BCUT2D eigenvalue weighted by atomic mass is 19.1. The molecule has 0 radical (unpaired) electrons. The van der Waals surface area contributed by atoms with Gasteiger partial charge in [-0.15, -0.1) is 0 Å². The molecule has 1 heterocycles. The Kier molecular flexibility index (Phi) is 4.13. The minimum Gasteiger partial charge on any atom is -0.314 e. The number of benzene rings is 1. The van der Waals surface area contributed by atoms with Crippen LogP contribution in [0.3, 0.4) is 0 Å². The van der Waals surface area contributed by atoms with Gasteiger partial charge in [-0.1, -0.05) is 19.1 Å². The molecule has 1 saturated heterocycles. The van der Waals surface area contributed by atoms with Crippen molar-refractivity contribution in [3.05, 3.63) is 35.6 Å². The predicted octanol–water partition coefficient (Wildman–Crippen LogP) is 2.22. The minimum atomic E-state index is -0.156.